The van der Waals surface area contributed by atoms with Crippen LogP contribution < -0.4 is 16.4 Å². The highest BCUT2D eigenvalue weighted by Gasteiger charge is 2.10. The van der Waals surface area contributed by atoms with E-state index >= 15 is 0 Å². The van der Waals surface area contributed by atoms with Gasteiger partial charge in [-0.05, 0) is 31.2 Å². The highest BCUT2D eigenvalue weighted by Crippen LogP contribution is 2.09. The minimum Gasteiger partial charge on any atom is -0.481 e. The minimum atomic E-state index is -0.987. The number of amides is 3. The summed E-state index contributed by atoms with van der Waals surface area (Å²) in [5.41, 5.74) is 5.90. The van der Waals surface area contributed by atoms with E-state index in [0.29, 0.717) is 11.3 Å². The number of carbonyl (C=O) groups is 3. The summed E-state index contributed by atoms with van der Waals surface area (Å²) in [6.45, 7) is 1.59. The molecule has 0 spiro atoms. The molecule has 0 aliphatic carbocycles. The number of hydrogen-bond acceptors (Lipinski definition) is 3. The minimum absolute atomic E-state index is 0.159. The van der Waals surface area contributed by atoms with Crippen molar-refractivity contribution in [2.24, 2.45) is 5.73 Å². The molecular formula is C12H15N3O4. The smallest absolute Gasteiger partial charge is 0.319 e. The number of rotatable bonds is 5. The molecule has 1 atom stereocenters. The predicted octanol–water partition coefficient (Wildman–Crippen LogP) is 0.770. The highest BCUT2D eigenvalue weighted by molar-refractivity contribution is 5.94. The van der Waals surface area contributed by atoms with Crippen molar-refractivity contribution in [1.29, 1.82) is 0 Å². The maximum absolute atomic E-state index is 11.5. The topological polar surface area (TPSA) is 122 Å². The van der Waals surface area contributed by atoms with Crippen molar-refractivity contribution in [2.75, 3.05) is 5.32 Å². The second kappa shape index (κ2) is 6.39. The van der Waals surface area contributed by atoms with Gasteiger partial charge in [0.1, 0.15) is 0 Å². The van der Waals surface area contributed by atoms with Crippen LogP contribution in [0.15, 0.2) is 24.3 Å². The molecule has 0 heterocycles. The largest absolute Gasteiger partial charge is 0.481 e. The van der Waals surface area contributed by atoms with Gasteiger partial charge < -0.3 is 21.5 Å². The zero-order chi connectivity index (χ0) is 14.4. The van der Waals surface area contributed by atoms with Gasteiger partial charge in [-0.3, -0.25) is 9.59 Å². The third kappa shape index (κ3) is 5.07. The molecule has 0 saturated carbocycles. The van der Waals surface area contributed by atoms with E-state index in [2.05, 4.69) is 10.6 Å². The van der Waals surface area contributed by atoms with Gasteiger partial charge in [0.2, 0.25) is 5.91 Å². The fourth-order valence-corrected chi connectivity index (χ4v) is 1.42. The maximum Gasteiger partial charge on any atom is 0.319 e. The molecule has 0 saturated heterocycles. The predicted molar refractivity (Wildman–Crippen MR) is 68.8 cm³/mol. The fraction of sp³-hybridized carbons (Fsp3) is 0.250. The van der Waals surface area contributed by atoms with Gasteiger partial charge in [-0.2, -0.15) is 0 Å². The number of nitrogens with one attached hydrogen (secondary N) is 2. The maximum atomic E-state index is 11.5. The Morgan fingerprint density at radius 2 is 1.84 bits per heavy atom. The zero-order valence-corrected chi connectivity index (χ0v) is 10.3. The summed E-state index contributed by atoms with van der Waals surface area (Å²) in [5, 5.41) is 13.5. The van der Waals surface area contributed by atoms with Crippen LogP contribution in [-0.4, -0.2) is 29.1 Å². The quantitative estimate of drug-likeness (QED) is 0.628. The summed E-state index contributed by atoms with van der Waals surface area (Å²) in [7, 11) is 0. The molecule has 1 unspecified atom stereocenters. The molecule has 5 N–H and O–H groups in total. The fourth-order valence-electron chi connectivity index (χ4n) is 1.42. The van der Waals surface area contributed by atoms with E-state index in [1.165, 1.54) is 24.3 Å². The number of carbonyl (C=O) groups excluding carboxylic acids is 2. The summed E-state index contributed by atoms with van der Waals surface area (Å²) in [4.78, 5) is 32.8. The Labute approximate surface area is 109 Å². The number of anilines is 1. The first-order valence-electron chi connectivity index (χ1n) is 5.57. The van der Waals surface area contributed by atoms with E-state index in [1.807, 2.05) is 0 Å². The Morgan fingerprint density at radius 3 is 2.32 bits per heavy atom. The normalized spacial score (nSPS) is 11.4. The number of aliphatic carboxylic acids is 1. The van der Waals surface area contributed by atoms with E-state index in [4.69, 9.17) is 10.8 Å². The van der Waals surface area contributed by atoms with E-state index in [9.17, 15) is 14.4 Å². The molecule has 7 heteroatoms. The number of urea groups is 1. The highest BCUT2D eigenvalue weighted by atomic mass is 16.4. The third-order valence-corrected chi connectivity index (χ3v) is 2.29. The first-order chi connectivity index (χ1) is 8.88. The van der Waals surface area contributed by atoms with Crippen LogP contribution in [0.25, 0.3) is 0 Å². The number of primary amides is 1. The monoisotopic (exact) mass is 265 g/mol. The Balaban J connectivity index is 2.52. The second-order valence-electron chi connectivity index (χ2n) is 4.04. The molecule has 19 heavy (non-hydrogen) atoms. The Kier molecular flexibility index (Phi) is 4.87. The summed E-state index contributed by atoms with van der Waals surface area (Å²) in [5.74, 6) is -1.54. The number of nitrogens with two attached hydrogens (primary N) is 1. The van der Waals surface area contributed by atoms with Crippen molar-refractivity contribution in [3.63, 3.8) is 0 Å². The average molecular weight is 265 g/mol. The van der Waals surface area contributed by atoms with E-state index in [1.54, 1.807) is 6.92 Å². The number of carboxylic acids is 1. The number of carboxylic acid groups (broad SMARTS) is 1. The van der Waals surface area contributed by atoms with E-state index in [-0.39, 0.29) is 6.42 Å². The molecule has 0 bridgehead atoms. The molecule has 1 aromatic carbocycles. The van der Waals surface area contributed by atoms with E-state index < -0.39 is 23.9 Å². The summed E-state index contributed by atoms with van der Waals surface area (Å²) in [6.07, 6.45) is -0.159. The lowest BCUT2D eigenvalue weighted by Crippen LogP contribution is -2.37. The van der Waals surface area contributed by atoms with Crippen molar-refractivity contribution in [1.82, 2.24) is 5.32 Å². The van der Waals surface area contributed by atoms with Crippen molar-refractivity contribution < 1.29 is 19.5 Å². The van der Waals surface area contributed by atoms with Crippen molar-refractivity contribution in [3.05, 3.63) is 29.8 Å². The summed E-state index contributed by atoms with van der Waals surface area (Å²) < 4.78 is 0. The molecule has 102 valence electrons. The van der Waals surface area contributed by atoms with Gasteiger partial charge in [-0.1, -0.05) is 0 Å². The van der Waals surface area contributed by atoms with Crippen molar-refractivity contribution >= 4 is 23.6 Å². The van der Waals surface area contributed by atoms with Gasteiger partial charge in [0.05, 0.1) is 6.42 Å². The molecule has 1 aromatic rings. The van der Waals surface area contributed by atoms with Gasteiger partial charge in [0, 0.05) is 17.3 Å². The Hall–Kier alpha value is -2.57. The Morgan fingerprint density at radius 1 is 1.26 bits per heavy atom. The summed E-state index contributed by atoms with van der Waals surface area (Å²) >= 11 is 0. The molecular weight excluding hydrogens is 250 g/mol. The van der Waals surface area contributed by atoms with Gasteiger partial charge >= 0.3 is 12.0 Å². The molecule has 1 rings (SSSR count). The van der Waals surface area contributed by atoms with Gasteiger partial charge in [0.25, 0.3) is 0 Å². The second-order valence-corrected chi connectivity index (χ2v) is 4.04. The molecule has 0 fully saturated rings. The average Bonchev–Trinajstić information content (AvgIpc) is 2.27. The van der Waals surface area contributed by atoms with Crippen LogP contribution in [0.5, 0.6) is 0 Å². The van der Waals surface area contributed by atoms with Crippen LogP contribution in [0.3, 0.4) is 0 Å². The number of benzene rings is 1. The summed E-state index contributed by atoms with van der Waals surface area (Å²) in [6, 6.07) is 5.03. The lowest BCUT2D eigenvalue weighted by atomic mass is 10.2. The van der Waals surface area contributed by atoms with Crippen LogP contribution >= 0.6 is 0 Å². The Bertz CT molecular complexity index is 484. The lowest BCUT2D eigenvalue weighted by molar-refractivity contribution is -0.137. The van der Waals surface area contributed by atoms with Crippen LogP contribution in [0.1, 0.15) is 23.7 Å². The molecule has 0 aromatic heterocycles. The molecule has 3 amide bonds. The molecule has 7 nitrogen and oxygen atoms in total. The van der Waals surface area contributed by atoms with Gasteiger partial charge in [-0.25, -0.2) is 4.79 Å². The molecule has 0 aliphatic heterocycles. The lowest BCUT2D eigenvalue weighted by Gasteiger charge is -2.12. The van der Waals surface area contributed by atoms with Crippen LogP contribution in [0.2, 0.25) is 0 Å². The zero-order valence-electron chi connectivity index (χ0n) is 10.3. The van der Waals surface area contributed by atoms with Crippen LogP contribution in [-0.2, 0) is 4.79 Å². The van der Waals surface area contributed by atoms with Gasteiger partial charge in [-0.15, -0.1) is 0 Å². The van der Waals surface area contributed by atoms with Crippen LogP contribution in [0.4, 0.5) is 10.5 Å². The van der Waals surface area contributed by atoms with Gasteiger partial charge in [0.15, 0.2) is 0 Å². The van der Waals surface area contributed by atoms with E-state index in [0.717, 1.165) is 0 Å². The standard InChI is InChI=1S/C12H15N3O4/c1-7(6-10(16)17)14-12(19)15-9-4-2-8(3-5-9)11(13)18/h2-5,7H,6H2,1H3,(H2,13,18)(H,16,17)(H2,14,15,19). The first kappa shape index (κ1) is 14.5. The third-order valence-electron chi connectivity index (χ3n) is 2.29. The first-order valence-corrected chi connectivity index (χ1v) is 5.57. The molecule has 0 radical (unpaired) electrons. The van der Waals surface area contributed by atoms with Crippen LogP contribution in [0, 0.1) is 0 Å². The van der Waals surface area contributed by atoms with Crippen molar-refractivity contribution in [2.45, 2.75) is 19.4 Å². The number of hydrogen-bond donors (Lipinski definition) is 4. The van der Waals surface area contributed by atoms with Crippen molar-refractivity contribution in [3.8, 4) is 0 Å². The molecule has 0 aliphatic rings. The SMILES string of the molecule is CC(CC(=O)O)NC(=O)Nc1ccc(C(N)=O)cc1.